The summed E-state index contributed by atoms with van der Waals surface area (Å²) in [6.45, 7) is 1.46. The van der Waals surface area contributed by atoms with E-state index in [9.17, 15) is 29.1 Å². The van der Waals surface area contributed by atoms with Crippen molar-refractivity contribution in [2.45, 2.75) is 62.8 Å². The molecular weight excluding hydrogens is 702 g/mol. The predicted molar refractivity (Wildman–Crippen MR) is 205 cm³/mol. The fourth-order valence-electron chi connectivity index (χ4n) is 6.46. The Labute approximate surface area is 315 Å². The van der Waals surface area contributed by atoms with Gasteiger partial charge in [0.05, 0.1) is 12.4 Å². The van der Waals surface area contributed by atoms with Crippen LogP contribution >= 0.6 is 0 Å². The summed E-state index contributed by atoms with van der Waals surface area (Å²) in [5, 5.41) is 22.5. The summed E-state index contributed by atoms with van der Waals surface area (Å²) < 4.78 is 0. The van der Waals surface area contributed by atoms with E-state index in [2.05, 4.69) is 41.2 Å². The first kappa shape index (κ1) is 38.0. The Hall–Kier alpha value is -6.74. The number of imidazole rings is 1. The van der Waals surface area contributed by atoms with E-state index in [0.29, 0.717) is 11.3 Å². The molecule has 0 radical (unpaired) electrons. The third-order valence-corrected chi connectivity index (χ3v) is 9.44. The maximum atomic E-state index is 13.9. The third kappa shape index (κ3) is 9.63. The number of fused-ring (bicyclic) bond motifs is 2. The number of carbonyl (C=O) groups excluding carboxylic acids is 4. The maximum absolute atomic E-state index is 13.9. The van der Waals surface area contributed by atoms with E-state index in [1.165, 1.54) is 13.3 Å². The first-order chi connectivity index (χ1) is 26.5. The lowest BCUT2D eigenvalue weighted by Crippen LogP contribution is -2.58. The quantitative estimate of drug-likeness (QED) is 0.0668. The molecule has 10 N–H and O–H groups in total. The minimum absolute atomic E-state index is 0.0212. The summed E-state index contributed by atoms with van der Waals surface area (Å²) in [6.07, 6.45) is 6.80. The van der Waals surface area contributed by atoms with E-state index in [1.807, 2.05) is 48.5 Å². The lowest BCUT2D eigenvalue weighted by molar-refractivity contribution is -0.142. The summed E-state index contributed by atoms with van der Waals surface area (Å²) >= 11 is 0. The number of rotatable bonds is 17. The van der Waals surface area contributed by atoms with Gasteiger partial charge in [0.1, 0.15) is 24.2 Å². The highest BCUT2D eigenvalue weighted by Gasteiger charge is 2.31. The average molecular weight is 746 g/mol. The molecule has 5 atom stereocenters. The molecule has 15 nitrogen and oxygen atoms in total. The van der Waals surface area contributed by atoms with Crippen LogP contribution in [-0.2, 0) is 49.7 Å². The van der Waals surface area contributed by atoms with Gasteiger partial charge in [0.2, 0.25) is 23.6 Å². The molecule has 0 spiro atoms. The lowest BCUT2D eigenvalue weighted by atomic mass is 10.0. The first-order valence-electron chi connectivity index (χ1n) is 17.9. The summed E-state index contributed by atoms with van der Waals surface area (Å²) in [4.78, 5) is 80.2. The second-order valence-corrected chi connectivity index (χ2v) is 13.5. The largest absolute Gasteiger partial charge is 0.480 e. The van der Waals surface area contributed by atoms with Crippen molar-refractivity contribution in [2.24, 2.45) is 5.73 Å². The molecule has 0 aliphatic carbocycles. The van der Waals surface area contributed by atoms with Crippen molar-refractivity contribution in [2.75, 3.05) is 0 Å². The molecule has 0 fully saturated rings. The van der Waals surface area contributed by atoms with Crippen LogP contribution in [0.3, 0.4) is 0 Å². The zero-order valence-electron chi connectivity index (χ0n) is 30.0. The summed E-state index contributed by atoms with van der Waals surface area (Å²) in [5.74, 6) is -3.87. The highest BCUT2D eigenvalue weighted by atomic mass is 16.4. The van der Waals surface area contributed by atoms with Gasteiger partial charge in [-0.1, -0.05) is 66.7 Å². The summed E-state index contributed by atoms with van der Waals surface area (Å²) in [5.41, 5.74) is 10.7. The number of hydrogen-bond acceptors (Lipinski definition) is 7. The van der Waals surface area contributed by atoms with Gasteiger partial charge in [0, 0.05) is 71.8 Å². The van der Waals surface area contributed by atoms with Crippen molar-refractivity contribution in [3.05, 3.63) is 126 Å². The van der Waals surface area contributed by atoms with Crippen LogP contribution in [0.4, 0.5) is 0 Å². The minimum Gasteiger partial charge on any atom is -0.480 e. The van der Waals surface area contributed by atoms with Crippen molar-refractivity contribution in [1.82, 2.24) is 41.2 Å². The van der Waals surface area contributed by atoms with E-state index in [0.717, 1.165) is 32.9 Å². The maximum Gasteiger partial charge on any atom is 0.326 e. The predicted octanol–water partition coefficient (Wildman–Crippen LogP) is 2.01. The number of H-pyrrole nitrogens is 3. The van der Waals surface area contributed by atoms with E-state index >= 15 is 0 Å². The highest BCUT2D eigenvalue weighted by molar-refractivity contribution is 5.96. The molecule has 0 saturated heterocycles. The van der Waals surface area contributed by atoms with Gasteiger partial charge < -0.3 is 47.1 Å². The Bertz CT molecular complexity index is 2270. The van der Waals surface area contributed by atoms with Gasteiger partial charge in [-0.3, -0.25) is 19.2 Å². The van der Waals surface area contributed by atoms with Crippen LogP contribution in [0.15, 0.2) is 104 Å². The molecule has 55 heavy (non-hydrogen) atoms. The number of nitrogens with one attached hydrogen (secondary N) is 7. The van der Waals surface area contributed by atoms with Crippen molar-refractivity contribution in [1.29, 1.82) is 0 Å². The van der Waals surface area contributed by atoms with E-state index in [1.54, 1.807) is 48.9 Å². The van der Waals surface area contributed by atoms with Crippen molar-refractivity contribution >= 4 is 51.4 Å². The number of nitrogens with two attached hydrogens (primary N) is 1. The molecule has 3 aromatic carbocycles. The van der Waals surface area contributed by atoms with Crippen LogP contribution in [0.25, 0.3) is 21.8 Å². The van der Waals surface area contributed by atoms with Crippen LogP contribution in [0.1, 0.15) is 29.3 Å². The van der Waals surface area contributed by atoms with Gasteiger partial charge in [0.25, 0.3) is 0 Å². The standard InChI is InChI=1S/C40H43N9O6/c1-23(46-38(52)33(16-25-19-43-31-13-7-5-11-28(25)31)48-37(51)30(41)18-27-21-42-22-45-27)36(50)47-34(17-26-20-44-32-14-8-6-12-29(26)32)39(53)49-35(40(54)55)15-24-9-3-2-4-10-24/h2-14,19-23,30,33-35,43-44H,15-18,41H2,1H3,(H,42,45)(H,46,52)(H,47,50)(H,48,51)(H,49,53)(H,54,55). The van der Waals surface area contributed by atoms with Crippen LogP contribution < -0.4 is 27.0 Å². The van der Waals surface area contributed by atoms with E-state index in [-0.39, 0.29) is 25.7 Å². The number of aromatic nitrogens is 4. The number of para-hydroxylation sites is 2. The number of aliphatic carboxylic acids is 1. The van der Waals surface area contributed by atoms with Crippen LogP contribution in [-0.4, -0.2) is 84.8 Å². The molecule has 6 rings (SSSR count). The van der Waals surface area contributed by atoms with Crippen LogP contribution in [0.5, 0.6) is 0 Å². The number of hydrogen-bond donors (Lipinski definition) is 9. The van der Waals surface area contributed by atoms with E-state index in [4.69, 9.17) is 5.73 Å². The van der Waals surface area contributed by atoms with Crippen LogP contribution in [0.2, 0.25) is 0 Å². The molecule has 3 heterocycles. The number of aromatic amines is 3. The molecular formula is C40H43N9O6. The molecule has 6 aromatic rings. The number of benzene rings is 3. The zero-order chi connectivity index (χ0) is 38.9. The molecule has 0 aliphatic heterocycles. The van der Waals surface area contributed by atoms with Gasteiger partial charge in [0.15, 0.2) is 0 Å². The fourth-order valence-corrected chi connectivity index (χ4v) is 6.46. The second kappa shape index (κ2) is 17.4. The highest BCUT2D eigenvalue weighted by Crippen LogP contribution is 2.21. The Balaban J connectivity index is 1.19. The number of nitrogens with zero attached hydrogens (tertiary/aromatic N) is 1. The van der Waals surface area contributed by atoms with Gasteiger partial charge in [-0.2, -0.15) is 0 Å². The van der Waals surface area contributed by atoms with Gasteiger partial charge in [-0.25, -0.2) is 9.78 Å². The monoisotopic (exact) mass is 745 g/mol. The smallest absolute Gasteiger partial charge is 0.326 e. The average Bonchev–Trinajstić information content (AvgIpc) is 3.95. The minimum atomic E-state index is -1.28. The van der Waals surface area contributed by atoms with Gasteiger partial charge in [-0.15, -0.1) is 0 Å². The molecule has 5 unspecified atom stereocenters. The Morgan fingerprint density at radius 1 is 0.636 bits per heavy atom. The Morgan fingerprint density at radius 2 is 1.16 bits per heavy atom. The van der Waals surface area contributed by atoms with E-state index < -0.39 is 59.8 Å². The fraction of sp³-hybridized carbons (Fsp3) is 0.250. The molecule has 15 heteroatoms. The normalized spacial score (nSPS) is 14.0. The molecule has 3 aromatic heterocycles. The summed E-state index contributed by atoms with van der Waals surface area (Å²) in [7, 11) is 0. The van der Waals surface area contributed by atoms with Gasteiger partial charge >= 0.3 is 5.97 Å². The van der Waals surface area contributed by atoms with Crippen molar-refractivity contribution in [3.63, 3.8) is 0 Å². The molecule has 0 aliphatic rings. The van der Waals surface area contributed by atoms with Gasteiger partial charge in [-0.05, 0) is 35.7 Å². The Kier molecular flexibility index (Phi) is 12.0. The number of amides is 4. The number of carbonyl (C=O) groups is 5. The van der Waals surface area contributed by atoms with Crippen molar-refractivity contribution in [3.8, 4) is 0 Å². The van der Waals surface area contributed by atoms with Crippen LogP contribution in [0, 0.1) is 0 Å². The zero-order valence-corrected chi connectivity index (χ0v) is 30.0. The molecule has 4 amide bonds. The first-order valence-corrected chi connectivity index (χ1v) is 17.9. The van der Waals surface area contributed by atoms with Crippen molar-refractivity contribution < 1.29 is 29.1 Å². The third-order valence-electron chi connectivity index (χ3n) is 9.44. The number of carboxylic acid groups (broad SMARTS) is 1. The lowest BCUT2D eigenvalue weighted by Gasteiger charge is -2.25. The Morgan fingerprint density at radius 3 is 1.73 bits per heavy atom. The topological polar surface area (TPSA) is 240 Å². The molecule has 284 valence electrons. The second-order valence-electron chi connectivity index (χ2n) is 13.5. The number of carboxylic acids is 1. The molecule has 0 saturated carbocycles. The molecule has 0 bridgehead atoms. The SMILES string of the molecule is CC(NC(=O)C(Cc1c[nH]c2ccccc12)NC(=O)C(N)Cc1cnc[nH]1)C(=O)NC(Cc1c[nH]c2ccccc12)C(=O)NC(Cc1ccccc1)C(=O)O. The summed E-state index contributed by atoms with van der Waals surface area (Å²) in [6, 6.07) is 18.1.